The van der Waals surface area contributed by atoms with Crippen molar-refractivity contribution < 1.29 is 19.0 Å². The summed E-state index contributed by atoms with van der Waals surface area (Å²) in [6, 6.07) is 25.9. The molecule has 0 radical (unpaired) electrons. The van der Waals surface area contributed by atoms with Crippen molar-refractivity contribution in [2.24, 2.45) is 0 Å². The standard InChI is InChI=1S/C33H38N4O4/c1-4-32(33(38)40-3)35-27-11-8-12-30(18-27)41-31-17-25(21-36(23-31)20-24-9-6-5-7-10-24)26-19-34-37(22-26)28-13-15-29(39-2)16-14-28/h5-16,18-19,22,25,31-32,35H,4,17,20-21,23H2,1-3H3. The Morgan fingerprint density at radius 2 is 1.80 bits per heavy atom. The quantitative estimate of drug-likeness (QED) is 0.239. The summed E-state index contributed by atoms with van der Waals surface area (Å²) >= 11 is 0. The number of ether oxygens (including phenoxy) is 3. The highest BCUT2D eigenvalue weighted by atomic mass is 16.5. The van der Waals surface area contributed by atoms with Crippen LogP contribution in [-0.4, -0.2) is 60.1 Å². The number of piperidine rings is 1. The van der Waals surface area contributed by atoms with Gasteiger partial charge in [0.25, 0.3) is 0 Å². The average Bonchev–Trinajstić information content (AvgIpc) is 3.51. The molecular formula is C33H38N4O4. The normalized spacial score (nSPS) is 17.9. The fourth-order valence-corrected chi connectivity index (χ4v) is 5.38. The number of nitrogens with zero attached hydrogens (tertiary/aromatic N) is 3. The lowest BCUT2D eigenvalue weighted by Gasteiger charge is -2.37. The highest BCUT2D eigenvalue weighted by Crippen LogP contribution is 2.31. The van der Waals surface area contributed by atoms with Crippen LogP contribution in [-0.2, 0) is 16.1 Å². The molecule has 41 heavy (non-hydrogen) atoms. The van der Waals surface area contributed by atoms with Crippen LogP contribution in [0.1, 0.15) is 36.8 Å². The molecule has 3 atom stereocenters. The van der Waals surface area contributed by atoms with Gasteiger partial charge in [-0.1, -0.05) is 43.3 Å². The van der Waals surface area contributed by atoms with Gasteiger partial charge in [-0.25, -0.2) is 9.48 Å². The third-order valence-electron chi connectivity index (χ3n) is 7.52. The molecule has 0 amide bonds. The zero-order valence-corrected chi connectivity index (χ0v) is 23.9. The lowest BCUT2D eigenvalue weighted by Crippen LogP contribution is -2.44. The second-order valence-corrected chi connectivity index (χ2v) is 10.4. The van der Waals surface area contributed by atoms with Crippen LogP contribution in [0.15, 0.2) is 91.3 Å². The Bertz CT molecular complexity index is 1410. The van der Waals surface area contributed by atoms with Crippen LogP contribution in [0.5, 0.6) is 11.5 Å². The monoisotopic (exact) mass is 554 g/mol. The van der Waals surface area contributed by atoms with E-state index in [1.165, 1.54) is 18.2 Å². The Kier molecular flexibility index (Phi) is 9.21. The van der Waals surface area contributed by atoms with E-state index in [9.17, 15) is 4.79 Å². The molecule has 8 nitrogen and oxygen atoms in total. The molecule has 1 saturated heterocycles. The predicted octanol–water partition coefficient (Wildman–Crippen LogP) is 5.68. The highest BCUT2D eigenvalue weighted by molar-refractivity contribution is 5.79. The van der Waals surface area contributed by atoms with E-state index in [2.05, 4.69) is 45.8 Å². The Hall–Kier alpha value is -4.30. The van der Waals surface area contributed by atoms with E-state index in [0.717, 1.165) is 48.9 Å². The van der Waals surface area contributed by atoms with Crippen LogP contribution in [0, 0.1) is 0 Å². The van der Waals surface area contributed by atoms with Gasteiger partial charge in [-0.15, -0.1) is 0 Å². The van der Waals surface area contributed by atoms with Gasteiger partial charge in [0, 0.05) is 43.5 Å². The molecule has 0 aliphatic carbocycles. The number of carbonyl (C=O) groups excluding carboxylic acids is 1. The first-order valence-corrected chi connectivity index (χ1v) is 14.1. The number of esters is 1. The molecule has 1 aromatic heterocycles. The molecule has 3 unspecified atom stereocenters. The van der Waals surface area contributed by atoms with Gasteiger partial charge in [0.05, 0.1) is 26.1 Å². The number of methoxy groups -OCH3 is 2. The number of carbonyl (C=O) groups is 1. The molecule has 1 aliphatic heterocycles. The van der Waals surface area contributed by atoms with Crippen LogP contribution in [0.25, 0.3) is 5.69 Å². The number of anilines is 1. The molecule has 2 heterocycles. The van der Waals surface area contributed by atoms with E-state index in [1.807, 2.05) is 72.4 Å². The van der Waals surface area contributed by atoms with E-state index in [-0.39, 0.29) is 18.0 Å². The summed E-state index contributed by atoms with van der Waals surface area (Å²) in [5, 5.41) is 7.95. The lowest BCUT2D eigenvalue weighted by molar-refractivity contribution is -0.141. The van der Waals surface area contributed by atoms with Crippen molar-refractivity contribution in [3.8, 4) is 17.2 Å². The number of likely N-dealkylation sites (tertiary alicyclic amines) is 1. The minimum atomic E-state index is -0.405. The number of rotatable bonds is 11. The zero-order chi connectivity index (χ0) is 28.6. The van der Waals surface area contributed by atoms with Crippen molar-refractivity contribution in [3.63, 3.8) is 0 Å². The molecule has 8 heteroatoms. The van der Waals surface area contributed by atoms with E-state index < -0.39 is 6.04 Å². The van der Waals surface area contributed by atoms with Crippen molar-refractivity contribution in [2.75, 3.05) is 32.6 Å². The summed E-state index contributed by atoms with van der Waals surface area (Å²) < 4.78 is 18.7. The van der Waals surface area contributed by atoms with Crippen molar-refractivity contribution in [3.05, 3.63) is 102 Å². The largest absolute Gasteiger partial charge is 0.497 e. The van der Waals surface area contributed by atoms with Crippen LogP contribution < -0.4 is 14.8 Å². The Balaban J connectivity index is 1.34. The topological polar surface area (TPSA) is 77.9 Å². The number of hydrogen-bond acceptors (Lipinski definition) is 7. The van der Waals surface area contributed by atoms with Crippen molar-refractivity contribution >= 4 is 11.7 Å². The molecule has 0 spiro atoms. The smallest absolute Gasteiger partial charge is 0.328 e. The van der Waals surface area contributed by atoms with Crippen molar-refractivity contribution in [1.29, 1.82) is 0 Å². The van der Waals surface area contributed by atoms with Crippen LogP contribution in [0.3, 0.4) is 0 Å². The first-order chi connectivity index (χ1) is 20.0. The summed E-state index contributed by atoms with van der Waals surface area (Å²) in [5.41, 5.74) is 4.28. The van der Waals surface area contributed by atoms with Gasteiger partial charge in [-0.05, 0) is 60.4 Å². The second-order valence-electron chi connectivity index (χ2n) is 10.4. The van der Waals surface area contributed by atoms with Gasteiger partial charge in [0.2, 0.25) is 0 Å². The maximum atomic E-state index is 12.1. The van der Waals surface area contributed by atoms with E-state index in [0.29, 0.717) is 6.42 Å². The Morgan fingerprint density at radius 1 is 1.00 bits per heavy atom. The van der Waals surface area contributed by atoms with Crippen molar-refractivity contribution in [1.82, 2.24) is 14.7 Å². The molecule has 1 N–H and O–H groups in total. The summed E-state index contributed by atoms with van der Waals surface area (Å²) in [6.45, 7) is 4.54. The van der Waals surface area contributed by atoms with Gasteiger partial charge < -0.3 is 19.5 Å². The Labute approximate surface area is 241 Å². The van der Waals surface area contributed by atoms with E-state index in [4.69, 9.17) is 14.2 Å². The molecular weight excluding hydrogens is 516 g/mol. The zero-order valence-electron chi connectivity index (χ0n) is 23.9. The molecule has 5 rings (SSSR count). The van der Waals surface area contributed by atoms with Crippen LogP contribution >= 0.6 is 0 Å². The maximum Gasteiger partial charge on any atom is 0.328 e. The van der Waals surface area contributed by atoms with Gasteiger partial charge in [0.1, 0.15) is 23.6 Å². The third kappa shape index (κ3) is 7.27. The summed E-state index contributed by atoms with van der Waals surface area (Å²) in [5.74, 6) is 1.57. The van der Waals surface area contributed by atoms with E-state index >= 15 is 0 Å². The minimum absolute atomic E-state index is 0.0142. The first-order valence-electron chi connectivity index (χ1n) is 14.1. The maximum absolute atomic E-state index is 12.1. The summed E-state index contributed by atoms with van der Waals surface area (Å²) in [7, 11) is 3.08. The molecule has 0 saturated carbocycles. The number of aromatic nitrogens is 2. The fourth-order valence-electron chi connectivity index (χ4n) is 5.38. The molecule has 4 aromatic rings. The van der Waals surface area contributed by atoms with Gasteiger partial charge >= 0.3 is 5.97 Å². The highest BCUT2D eigenvalue weighted by Gasteiger charge is 2.30. The molecule has 214 valence electrons. The minimum Gasteiger partial charge on any atom is -0.497 e. The van der Waals surface area contributed by atoms with Gasteiger partial charge in [0.15, 0.2) is 0 Å². The number of nitrogens with one attached hydrogen (secondary N) is 1. The average molecular weight is 555 g/mol. The first kappa shape index (κ1) is 28.2. The Morgan fingerprint density at radius 3 is 2.54 bits per heavy atom. The number of benzene rings is 3. The van der Waals surface area contributed by atoms with Gasteiger partial charge in [-0.3, -0.25) is 4.90 Å². The second kappa shape index (κ2) is 13.4. The van der Waals surface area contributed by atoms with Crippen LogP contribution in [0.2, 0.25) is 0 Å². The molecule has 3 aromatic carbocycles. The van der Waals surface area contributed by atoms with E-state index in [1.54, 1.807) is 7.11 Å². The third-order valence-corrected chi connectivity index (χ3v) is 7.52. The summed E-state index contributed by atoms with van der Waals surface area (Å²) in [6.07, 6.45) is 5.58. The fraction of sp³-hybridized carbons (Fsp3) is 0.333. The van der Waals surface area contributed by atoms with Gasteiger partial charge in [-0.2, -0.15) is 5.10 Å². The van der Waals surface area contributed by atoms with Crippen molar-refractivity contribution in [2.45, 2.75) is 44.4 Å². The molecule has 1 aliphatic rings. The van der Waals surface area contributed by atoms with Crippen LogP contribution in [0.4, 0.5) is 5.69 Å². The SMILES string of the molecule is CCC(Nc1cccc(OC2CC(c3cnn(-c4ccc(OC)cc4)c3)CN(Cc3ccccc3)C2)c1)C(=O)OC. The molecule has 0 bridgehead atoms. The number of hydrogen-bond donors (Lipinski definition) is 1. The lowest BCUT2D eigenvalue weighted by atomic mass is 9.90. The predicted molar refractivity (Wildman–Crippen MR) is 160 cm³/mol. The molecule has 1 fully saturated rings. The summed E-state index contributed by atoms with van der Waals surface area (Å²) in [4.78, 5) is 14.6.